The van der Waals surface area contributed by atoms with Crippen molar-refractivity contribution in [1.82, 2.24) is 4.98 Å². The Labute approximate surface area is 99.6 Å². The minimum Gasteiger partial charge on any atom is -0.356 e. The molecule has 3 rings (SSSR count). The third-order valence-corrected chi connectivity index (χ3v) is 3.99. The number of aryl methyl sites for hydroxylation is 1. The molecule has 2 aliphatic rings. The number of halogens is 2. The lowest BCUT2D eigenvalue weighted by Crippen LogP contribution is -2.39. The smallest absolute Gasteiger partial charge is 0.256 e. The van der Waals surface area contributed by atoms with Gasteiger partial charge >= 0.3 is 0 Å². The zero-order valence-corrected chi connectivity index (χ0v) is 9.92. The third-order valence-electron chi connectivity index (χ3n) is 3.99. The van der Waals surface area contributed by atoms with Crippen molar-refractivity contribution in [2.45, 2.75) is 32.1 Å². The van der Waals surface area contributed by atoms with Gasteiger partial charge < -0.3 is 4.90 Å². The molecule has 2 heterocycles. The van der Waals surface area contributed by atoms with E-state index in [1.807, 2.05) is 30.0 Å². The predicted octanol–water partition coefficient (Wildman–Crippen LogP) is 3.02. The summed E-state index contributed by atoms with van der Waals surface area (Å²) < 4.78 is 26.8. The minimum atomic E-state index is -2.45. The number of rotatable bonds is 1. The number of anilines is 1. The maximum atomic E-state index is 13.4. The van der Waals surface area contributed by atoms with Crippen LogP contribution in [0.5, 0.6) is 0 Å². The van der Waals surface area contributed by atoms with Crippen molar-refractivity contribution in [2.75, 3.05) is 18.0 Å². The summed E-state index contributed by atoms with van der Waals surface area (Å²) in [4.78, 5) is 6.43. The maximum absolute atomic E-state index is 13.4. The van der Waals surface area contributed by atoms with Crippen LogP contribution in [-0.2, 0) is 0 Å². The Morgan fingerprint density at radius 2 is 2.12 bits per heavy atom. The SMILES string of the molecule is Cc1cccc(N2CCCC3(C2)CC3(F)F)n1. The first-order valence-corrected chi connectivity index (χ1v) is 6.09. The topological polar surface area (TPSA) is 16.1 Å². The van der Waals surface area contributed by atoms with E-state index in [4.69, 9.17) is 0 Å². The number of hydrogen-bond donors (Lipinski definition) is 0. The molecule has 0 N–H and O–H groups in total. The van der Waals surface area contributed by atoms with E-state index in [-0.39, 0.29) is 6.42 Å². The molecule has 92 valence electrons. The molecule has 1 saturated carbocycles. The number of hydrogen-bond acceptors (Lipinski definition) is 2. The number of piperidine rings is 1. The van der Waals surface area contributed by atoms with E-state index in [9.17, 15) is 8.78 Å². The van der Waals surface area contributed by atoms with Crippen LogP contribution < -0.4 is 4.90 Å². The standard InChI is InChI=1S/C13H16F2N2/c1-10-4-2-5-11(16-10)17-7-3-6-12(9-17)8-13(12,14)15/h2,4-5H,3,6-9H2,1H3. The van der Waals surface area contributed by atoms with Crippen LogP contribution >= 0.6 is 0 Å². The molecule has 1 unspecified atom stereocenters. The molecule has 0 bridgehead atoms. The Bertz CT molecular complexity index is 447. The molecule has 1 atom stereocenters. The number of aromatic nitrogens is 1. The molecule has 1 aromatic rings. The van der Waals surface area contributed by atoms with Gasteiger partial charge in [-0.1, -0.05) is 6.07 Å². The van der Waals surface area contributed by atoms with Crippen LogP contribution in [0.3, 0.4) is 0 Å². The van der Waals surface area contributed by atoms with Gasteiger partial charge in [-0.25, -0.2) is 13.8 Å². The van der Waals surface area contributed by atoms with Gasteiger partial charge in [-0.3, -0.25) is 0 Å². The van der Waals surface area contributed by atoms with Crippen LogP contribution in [0.2, 0.25) is 0 Å². The molecule has 2 nitrogen and oxygen atoms in total. The zero-order chi connectivity index (χ0) is 12.1. The maximum Gasteiger partial charge on any atom is 0.256 e. The largest absolute Gasteiger partial charge is 0.356 e. The van der Waals surface area contributed by atoms with Gasteiger partial charge in [-0.05, 0) is 31.9 Å². The molecule has 1 spiro atoms. The number of alkyl halides is 2. The van der Waals surface area contributed by atoms with Crippen molar-refractivity contribution in [2.24, 2.45) is 5.41 Å². The predicted molar refractivity (Wildman–Crippen MR) is 62.4 cm³/mol. The second-order valence-electron chi connectivity index (χ2n) is 5.32. The first kappa shape index (κ1) is 10.9. The molecule has 2 fully saturated rings. The molecule has 0 aromatic carbocycles. The lowest BCUT2D eigenvalue weighted by atomic mass is 9.94. The third kappa shape index (κ3) is 1.70. The molecule has 1 aliphatic heterocycles. The highest BCUT2D eigenvalue weighted by atomic mass is 19.3. The average molecular weight is 238 g/mol. The first-order valence-electron chi connectivity index (χ1n) is 6.09. The van der Waals surface area contributed by atoms with Crippen LogP contribution in [0.15, 0.2) is 18.2 Å². The molecule has 0 radical (unpaired) electrons. The van der Waals surface area contributed by atoms with Gasteiger partial charge in [0, 0.05) is 25.2 Å². The number of nitrogens with zero attached hydrogens (tertiary/aromatic N) is 2. The highest BCUT2D eigenvalue weighted by molar-refractivity contribution is 5.41. The van der Waals surface area contributed by atoms with E-state index in [0.29, 0.717) is 13.0 Å². The Balaban J connectivity index is 1.81. The molecule has 0 amide bonds. The van der Waals surface area contributed by atoms with Gasteiger partial charge in [-0.15, -0.1) is 0 Å². The summed E-state index contributed by atoms with van der Waals surface area (Å²) in [6, 6.07) is 5.77. The van der Waals surface area contributed by atoms with E-state index >= 15 is 0 Å². The Morgan fingerprint density at radius 1 is 1.35 bits per heavy atom. The molecule has 17 heavy (non-hydrogen) atoms. The average Bonchev–Trinajstić information content (AvgIpc) is 2.79. The lowest BCUT2D eigenvalue weighted by molar-refractivity contribution is 0.0575. The van der Waals surface area contributed by atoms with Crippen LogP contribution in [0.25, 0.3) is 0 Å². The van der Waals surface area contributed by atoms with Gasteiger partial charge in [0.15, 0.2) is 0 Å². The van der Waals surface area contributed by atoms with E-state index in [1.54, 1.807) is 0 Å². The summed E-state index contributed by atoms with van der Waals surface area (Å²) in [5.74, 6) is -1.61. The summed E-state index contributed by atoms with van der Waals surface area (Å²) in [6.07, 6.45) is 1.55. The fraction of sp³-hybridized carbons (Fsp3) is 0.615. The van der Waals surface area contributed by atoms with Gasteiger partial charge in [0.2, 0.25) is 0 Å². The summed E-state index contributed by atoms with van der Waals surface area (Å²) in [7, 11) is 0. The van der Waals surface area contributed by atoms with Crippen molar-refractivity contribution in [1.29, 1.82) is 0 Å². The summed E-state index contributed by atoms with van der Waals surface area (Å²) in [5.41, 5.74) is 0.182. The molecule has 1 saturated heterocycles. The Kier molecular flexibility index (Phi) is 2.19. The van der Waals surface area contributed by atoms with Crippen LogP contribution in [0, 0.1) is 12.3 Å². The van der Waals surface area contributed by atoms with Crippen molar-refractivity contribution in [3.63, 3.8) is 0 Å². The molecular weight excluding hydrogens is 222 g/mol. The van der Waals surface area contributed by atoms with Gasteiger partial charge in [-0.2, -0.15) is 0 Å². The second-order valence-corrected chi connectivity index (χ2v) is 5.32. The summed E-state index contributed by atoms with van der Waals surface area (Å²) in [6.45, 7) is 3.22. The second kappa shape index (κ2) is 3.40. The molecule has 1 aromatic heterocycles. The zero-order valence-electron chi connectivity index (χ0n) is 9.92. The molecule has 1 aliphatic carbocycles. The first-order chi connectivity index (χ1) is 8.02. The van der Waals surface area contributed by atoms with E-state index in [0.717, 1.165) is 24.5 Å². The Hall–Kier alpha value is -1.19. The molecular formula is C13H16F2N2. The highest BCUT2D eigenvalue weighted by Crippen LogP contribution is 2.64. The lowest BCUT2D eigenvalue weighted by Gasteiger charge is -2.34. The van der Waals surface area contributed by atoms with E-state index < -0.39 is 11.3 Å². The summed E-state index contributed by atoms with van der Waals surface area (Å²) >= 11 is 0. The van der Waals surface area contributed by atoms with Crippen molar-refractivity contribution in [3.8, 4) is 0 Å². The fourth-order valence-corrected chi connectivity index (χ4v) is 2.86. The van der Waals surface area contributed by atoms with Gasteiger partial charge in [0.05, 0.1) is 5.41 Å². The summed E-state index contributed by atoms with van der Waals surface area (Å²) in [5, 5.41) is 0. The number of pyridine rings is 1. The van der Waals surface area contributed by atoms with Crippen molar-refractivity contribution >= 4 is 5.82 Å². The fourth-order valence-electron chi connectivity index (χ4n) is 2.86. The van der Waals surface area contributed by atoms with E-state index in [2.05, 4.69) is 4.98 Å². The highest BCUT2D eigenvalue weighted by Gasteiger charge is 2.71. The molecule has 4 heteroatoms. The van der Waals surface area contributed by atoms with Gasteiger partial charge in [0.1, 0.15) is 5.82 Å². The van der Waals surface area contributed by atoms with Crippen molar-refractivity contribution < 1.29 is 8.78 Å². The normalized spacial score (nSPS) is 30.6. The van der Waals surface area contributed by atoms with Crippen molar-refractivity contribution in [3.05, 3.63) is 23.9 Å². The van der Waals surface area contributed by atoms with Crippen LogP contribution in [-0.4, -0.2) is 24.0 Å². The Morgan fingerprint density at radius 3 is 2.76 bits per heavy atom. The van der Waals surface area contributed by atoms with Crippen LogP contribution in [0.1, 0.15) is 25.0 Å². The van der Waals surface area contributed by atoms with Crippen LogP contribution in [0.4, 0.5) is 14.6 Å². The van der Waals surface area contributed by atoms with Gasteiger partial charge in [0.25, 0.3) is 5.92 Å². The minimum absolute atomic E-state index is 0.0579. The quantitative estimate of drug-likeness (QED) is 0.747. The van der Waals surface area contributed by atoms with E-state index in [1.165, 1.54) is 0 Å². The monoisotopic (exact) mass is 238 g/mol.